The first-order valence-corrected chi connectivity index (χ1v) is 8.59. The molecular weight excluding hydrogens is 288 g/mol. The molecule has 1 aromatic heterocycles. The van der Waals surface area contributed by atoms with E-state index in [1.165, 1.54) is 0 Å². The van der Waals surface area contributed by atoms with E-state index in [4.69, 9.17) is 0 Å². The highest BCUT2D eigenvalue weighted by Crippen LogP contribution is 2.42. The summed E-state index contributed by atoms with van der Waals surface area (Å²) in [6.45, 7) is 1.67. The van der Waals surface area contributed by atoms with E-state index in [9.17, 15) is 9.59 Å². The van der Waals surface area contributed by atoms with Crippen molar-refractivity contribution in [3.63, 3.8) is 0 Å². The monoisotopic (exact) mass is 312 g/mol. The maximum Gasteiger partial charge on any atom is 0.323 e. The molecule has 4 N–H and O–H groups in total. The minimum atomic E-state index is -0.105. The van der Waals surface area contributed by atoms with Crippen molar-refractivity contribution in [2.45, 2.75) is 43.1 Å². The number of amides is 1. The molecule has 0 saturated carbocycles. The fourth-order valence-electron chi connectivity index (χ4n) is 2.51. The fourth-order valence-corrected chi connectivity index (χ4v) is 3.81. The number of unbranched alkanes of at least 4 members (excludes halogenated alkanes) is 1. The number of H-pyrrole nitrogens is 2. The summed E-state index contributed by atoms with van der Waals surface area (Å²) in [4.78, 5) is 28.6. The molecule has 2 heterocycles. The van der Waals surface area contributed by atoms with Crippen LogP contribution in [0, 0.1) is 0 Å². The molecule has 1 aliphatic heterocycles. The Labute approximate surface area is 128 Å². The predicted octanol–water partition coefficient (Wildman–Crippen LogP) is 1.28. The van der Waals surface area contributed by atoms with Gasteiger partial charge in [0.05, 0.1) is 5.69 Å². The molecule has 0 aliphatic carbocycles. The summed E-state index contributed by atoms with van der Waals surface area (Å²) in [5.41, 5.74) is 1.99. The van der Waals surface area contributed by atoms with Gasteiger partial charge in [0.2, 0.25) is 5.91 Å². The molecule has 1 aliphatic rings. The smallest absolute Gasteiger partial charge is 0.323 e. The molecule has 0 saturated heterocycles. The number of hydrogen-bond acceptors (Lipinski definition) is 4. The van der Waals surface area contributed by atoms with Gasteiger partial charge < -0.3 is 20.6 Å². The first-order chi connectivity index (χ1) is 10.2. The second-order valence-electron chi connectivity index (χ2n) is 5.32. The highest BCUT2D eigenvalue weighted by atomic mass is 32.2. The van der Waals surface area contributed by atoms with Crippen LogP contribution in [0.1, 0.15) is 48.7 Å². The number of thioether (sulfide) groups is 1. The van der Waals surface area contributed by atoms with Crippen molar-refractivity contribution in [1.29, 1.82) is 0 Å². The minimum Gasteiger partial charge on any atom is -0.356 e. The Morgan fingerprint density at radius 1 is 1.29 bits per heavy atom. The molecule has 21 heavy (non-hydrogen) atoms. The Kier molecular flexibility index (Phi) is 6.38. The van der Waals surface area contributed by atoms with E-state index < -0.39 is 0 Å². The van der Waals surface area contributed by atoms with Gasteiger partial charge in [-0.05, 0) is 32.9 Å². The third kappa shape index (κ3) is 4.93. The molecule has 0 radical (unpaired) electrons. The van der Waals surface area contributed by atoms with E-state index in [-0.39, 0.29) is 11.6 Å². The molecule has 1 amide bonds. The van der Waals surface area contributed by atoms with Gasteiger partial charge in [-0.25, -0.2) is 4.79 Å². The van der Waals surface area contributed by atoms with Gasteiger partial charge in [0, 0.05) is 29.7 Å². The van der Waals surface area contributed by atoms with Gasteiger partial charge in [-0.15, -0.1) is 11.8 Å². The number of aromatic nitrogens is 2. The zero-order valence-corrected chi connectivity index (χ0v) is 13.3. The number of nitrogens with one attached hydrogen (secondary N) is 4. The lowest BCUT2D eigenvalue weighted by Crippen LogP contribution is -2.26. The number of fused-ring (bicyclic) bond motifs is 1. The molecule has 0 unspecified atom stereocenters. The van der Waals surface area contributed by atoms with E-state index in [1.807, 2.05) is 18.8 Å². The van der Waals surface area contributed by atoms with Crippen LogP contribution in [0.3, 0.4) is 0 Å². The van der Waals surface area contributed by atoms with Gasteiger partial charge in [-0.3, -0.25) is 4.79 Å². The standard InChI is InChI=1S/C14H24N4O2S/c1-15-7-4-8-16-12(19)6-3-2-5-11-13-10(9-21-11)17-14(20)18-13/h11,15H,2-9H2,1H3,(H,16,19)(H2,17,18,20)/t11-/m0/s1. The van der Waals surface area contributed by atoms with E-state index in [2.05, 4.69) is 20.6 Å². The number of imidazole rings is 1. The highest BCUT2D eigenvalue weighted by Gasteiger charge is 2.25. The lowest BCUT2D eigenvalue weighted by molar-refractivity contribution is -0.121. The van der Waals surface area contributed by atoms with Crippen molar-refractivity contribution in [2.24, 2.45) is 0 Å². The Morgan fingerprint density at radius 2 is 2.14 bits per heavy atom. The third-order valence-corrected chi connectivity index (χ3v) is 4.96. The summed E-state index contributed by atoms with van der Waals surface area (Å²) in [5.74, 6) is 1.02. The van der Waals surface area contributed by atoms with Crippen molar-refractivity contribution in [2.75, 3.05) is 20.1 Å². The SMILES string of the molecule is CNCCCNC(=O)CCCC[C@@H]1SCc2[nH]c(=O)[nH]c21. The third-order valence-electron chi connectivity index (χ3n) is 3.63. The van der Waals surface area contributed by atoms with E-state index in [1.54, 1.807) is 0 Å². The molecule has 118 valence electrons. The van der Waals surface area contributed by atoms with Crippen LogP contribution < -0.4 is 16.3 Å². The van der Waals surface area contributed by atoms with Gasteiger partial charge in [-0.1, -0.05) is 6.42 Å². The zero-order valence-electron chi connectivity index (χ0n) is 12.5. The number of carbonyl (C=O) groups is 1. The molecule has 2 rings (SSSR count). The summed E-state index contributed by atoms with van der Waals surface area (Å²) in [7, 11) is 1.91. The molecule has 1 atom stereocenters. The largest absolute Gasteiger partial charge is 0.356 e. The van der Waals surface area contributed by atoms with Crippen molar-refractivity contribution in [3.05, 3.63) is 21.9 Å². The van der Waals surface area contributed by atoms with Crippen LogP contribution in [0.2, 0.25) is 0 Å². The Morgan fingerprint density at radius 3 is 2.95 bits per heavy atom. The lowest BCUT2D eigenvalue weighted by atomic mass is 10.1. The predicted molar refractivity (Wildman–Crippen MR) is 85.5 cm³/mol. The quantitative estimate of drug-likeness (QED) is 0.517. The Hall–Kier alpha value is -1.21. The maximum atomic E-state index is 11.6. The van der Waals surface area contributed by atoms with Gasteiger partial charge in [0.25, 0.3) is 0 Å². The summed E-state index contributed by atoms with van der Waals surface area (Å²) < 4.78 is 0. The topological polar surface area (TPSA) is 89.8 Å². The molecular formula is C14H24N4O2S. The Bertz CT molecular complexity index is 511. The van der Waals surface area contributed by atoms with Crippen LogP contribution in [0.5, 0.6) is 0 Å². The van der Waals surface area contributed by atoms with Crippen LogP contribution in [0.15, 0.2) is 4.79 Å². The van der Waals surface area contributed by atoms with E-state index in [0.717, 1.165) is 55.9 Å². The van der Waals surface area contributed by atoms with Crippen LogP contribution in [-0.4, -0.2) is 36.0 Å². The molecule has 1 aromatic rings. The van der Waals surface area contributed by atoms with Crippen LogP contribution in [0.4, 0.5) is 0 Å². The molecule has 7 heteroatoms. The normalized spacial score (nSPS) is 16.9. The molecule has 6 nitrogen and oxygen atoms in total. The van der Waals surface area contributed by atoms with Crippen LogP contribution in [-0.2, 0) is 10.5 Å². The van der Waals surface area contributed by atoms with E-state index >= 15 is 0 Å². The first kappa shape index (κ1) is 16.2. The highest BCUT2D eigenvalue weighted by molar-refractivity contribution is 7.99. The summed E-state index contributed by atoms with van der Waals surface area (Å²) in [5, 5.41) is 6.35. The number of aromatic amines is 2. The number of rotatable bonds is 9. The minimum absolute atomic E-state index is 0.105. The van der Waals surface area contributed by atoms with Crippen molar-refractivity contribution >= 4 is 17.7 Å². The van der Waals surface area contributed by atoms with Gasteiger partial charge in [-0.2, -0.15) is 0 Å². The second kappa shape index (κ2) is 8.29. The molecule has 0 aromatic carbocycles. The van der Waals surface area contributed by atoms with Crippen molar-refractivity contribution < 1.29 is 4.79 Å². The van der Waals surface area contributed by atoms with Gasteiger partial charge >= 0.3 is 5.69 Å². The first-order valence-electron chi connectivity index (χ1n) is 7.54. The van der Waals surface area contributed by atoms with Crippen molar-refractivity contribution in [1.82, 2.24) is 20.6 Å². The molecule has 0 fully saturated rings. The average molecular weight is 312 g/mol. The maximum absolute atomic E-state index is 11.6. The lowest BCUT2D eigenvalue weighted by Gasteiger charge is -2.09. The van der Waals surface area contributed by atoms with Gasteiger partial charge in [0.1, 0.15) is 0 Å². The molecule has 0 bridgehead atoms. The van der Waals surface area contributed by atoms with Gasteiger partial charge in [0.15, 0.2) is 0 Å². The van der Waals surface area contributed by atoms with Crippen LogP contribution >= 0.6 is 11.8 Å². The summed E-state index contributed by atoms with van der Waals surface area (Å²) in [6.07, 6.45) is 4.48. The summed E-state index contributed by atoms with van der Waals surface area (Å²) in [6, 6.07) is 0. The number of carbonyl (C=O) groups excluding carboxylic acids is 1. The second-order valence-corrected chi connectivity index (χ2v) is 6.51. The fraction of sp³-hybridized carbons (Fsp3) is 0.714. The van der Waals surface area contributed by atoms with E-state index in [0.29, 0.717) is 11.7 Å². The zero-order chi connectivity index (χ0) is 15.1. The Balaban J connectivity index is 1.58. The average Bonchev–Trinajstić information content (AvgIpc) is 2.99. The van der Waals surface area contributed by atoms with Crippen molar-refractivity contribution in [3.8, 4) is 0 Å². The summed E-state index contributed by atoms with van der Waals surface area (Å²) >= 11 is 1.86. The number of hydrogen-bond donors (Lipinski definition) is 4. The molecule has 0 spiro atoms. The van der Waals surface area contributed by atoms with Crippen LogP contribution in [0.25, 0.3) is 0 Å².